The van der Waals surface area contributed by atoms with E-state index >= 15 is 0 Å². The maximum Gasteiger partial charge on any atom is 0.254 e. The lowest BCUT2D eigenvalue weighted by molar-refractivity contribution is 0.100. The number of carbonyl (C=O) groups is 1. The van der Waals surface area contributed by atoms with Crippen LogP contribution in [0.3, 0.4) is 0 Å². The van der Waals surface area contributed by atoms with Crippen LogP contribution in [0.1, 0.15) is 42.1 Å². The van der Waals surface area contributed by atoms with Gasteiger partial charge in [-0.1, -0.05) is 12.8 Å². The van der Waals surface area contributed by atoms with E-state index in [0.717, 1.165) is 25.7 Å². The minimum atomic E-state index is -3.65. The number of nitriles is 1. The van der Waals surface area contributed by atoms with E-state index in [-0.39, 0.29) is 41.4 Å². The van der Waals surface area contributed by atoms with Crippen LogP contribution in [0.4, 0.5) is 11.5 Å². The predicted molar refractivity (Wildman–Crippen MR) is 114 cm³/mol. The Bertz CT molecular complexity index is 1060. The zero-order valence-corrected chi connectivity index (χ0v) is 18.1. The maximum absolute atomic E-state index is 12.3. The Kier molecular flexibility index (Phi) is 7.27. The Morgan fingerprint density at radius 2 is 2.03 bits per heavy atom. The second kappa shape index (κ2) is 9.91. The van der Waals surface area contributed by atoms with E-state index in [9.17, 15) is 18.5 Å². The third-order valence-electron chi connectivity index (χ3n) is 5.26. The number of carbonyl (C=O) groups excluding carboxylic acids is 1. The molecule has 1 amide bonds. The first-order valence-corrected chi connectivity index (χ1v) is 11.5. The number of amides is 1. The van der Waals surface area contributed by atoms with Crippen molar-refractivity contribution in [2.75, 3.05) is 25.6 Å². The number of aromatic nitrogens is 2. The summed E-state index contributed by atoms with van der Waals surface area (Å²) < 4.78 is 33.5. The Morgan fingerprint density at radius 1 is 1.32 bits per heavy atom. The molecule has 0 unspecified atom stereocenters. The Hall–Kier alpha value is -2.94. The highest BCUT2D eigenvalue weighted by atomic mass is 32.2. The van der Waals surface area contributed by atoms with E-state index in [1.807, 2.05) is 0 Å². The molecule has 2 atom stereocenters. The molecular formula is C20H26N6O4S. The number of nitrogens with two attached hydrogens (primary N) is 1. The SMILES string of the molecule is COCCNS(=O)(=O)c1ccc(Nc2nn([C@@H]3CCCC[C@@H]3C#N)cc2C(N)=O)cc1. The smallest absolute Gasteiger partial charge is 0.254 e. The van der Waals surface area contributed by atoms with Crippen molar-refractivity contribution in [2.45, 2.75) is 36.6 Å². The first kappa shape index (κ1) is 22.7. The van der Waals surface area contributed by atoms with Crippen molar-refractivity contribution in [3.8, 4) is 6.07 Å². The van der Waals surface area contributed by atoms with Crippen molar-refractivity contribution in [1.29, 1.82) is 5.26 Å². The molecule has 3 rings (SSSR count). The van der Waals surface area contributed by atoms with Gasteiger partial charge in [0.2, 0.25) is 10.0 Å². The molecule has 1 aliphatic carbocycles. The van der Waals surface area contributed by atoms with Crippen molar-refractivity contribution in [2.24, 2.45) is 11.7 Å². The highest BCUT2D eigenvalue weighted by Gasteiger charge is 2.29. The summed E-state index contributed by atoms with van der Waals surface area (Å²) in [7, 11) is -2.15. The summed E-state index contributed by atoms with van der Waals surface area (Å²) in [6, 6.07) is 8.27. The monoisotopic (exact) mass is 446 g/mol. The lowest BCUT2D eigenvalue weighted by Crippen LogP contribution is -2.27. The van der Waals surface area contributed by atoms with Crippen molar-refractivity contribution >= 4 is 27.4 Å². The van der Waals surface area contributed by atoms with Gasteiger partial charge in [0.1, 0.15) is 5.56 Å². The third kappa shape index (κ3) is 5.41. The van der Waals surface area contributed by atoms with Gasteiger partial charge in [0.05, 0.1) is 29.5 Å². The van der Waals surface area contributed by atoms with Crippen LogP contribution in [0.5, 0.6) is 0 Å². The number of sulfonamides is 1. The molecule has 166 valence electrons. The van der Waals surface area contributed by atoms with E-state index in [2.05, 4.69) is 21.2 Å². The third-order valence-corrected chi connectivity index (χ3v) is 6.74. The van der Waals surface area contributed by atoms with Crippen molar-refractivity contribution in [3.05, 3.63) is 36.0 Å². The summed E-state index contributed by atoms with van der Waals surface area (Å²) >= 11 is 0. The van der Waals surface area contributed by atoms with Gasteiger partial charge < -0.3 is 15.8 Å². The Morgan fingerprint density at radius 3 is 2.68 bits per heavy atom. The lowest BCUT2D eigenvalue weighted by Gasteiger charge is -2.26. The summed E-state index contributed by atoms with van der Waals surface area (Å²) in [5.41, 5.74) is 6.28. The van der Waals surface area contributed by atoms with E-state index < -0.39 is 15.9 Å². The first-order valence-electron chi connectivity index (χ1n) is 10.00. The number of benzene rings is 1. The average Bonchev–Trinajstić information content (AvgIpc) is 3.18. The minimum absolute atomic E-state index is 0.105. The number of nitrogens with zero attached hydrogens (tertiary/aromatic N) is 3. The molecule has 1 aromatic carbocycles. The summed E-state index contributed by atoms with van der Waals surface area (Å²) in [6.45, 7) is 0.439. The van der Waals surface area contributed by atoms with Gasteiger partial charge in [0, 0.05) is 25.5 Å². The summed E-state index contributed by atoms with van der Waals surface area (Å²) in [5, 5.41) is 16.9. The molecule has 1 aliphatic rings. The summed E-state index contributed by atoms with van der Waals surface area (Å²) in [4.78, 5) is 12.0. The number of methoxy groups -OCH3 is 1. The Balaban J connectivity index is 1.80. The normalized spacial score (nSPS) is 19.0. The topological polar surface area (TPSA) is 152 Å². The summed E-state index contributed by atoms with van der Waals surface area (Å²) in [5.74, 6) is -0.541. The van der Waals surface area contributed by atoms with Crippen LogP contribution >= 0.6 is 0 Å². The van der Waals surface area contributed by atoms with E-state index in [1.165, 1.54) is 19.2 Å². The fourth-order valence-electron chi connectivity index (χ4n) is 3.63. The number of hydrogen-bond donors (Lipinski definition) is 3. The molecule has 2 aromatic rings. The number of hydrogen-bond acceptors (Lipinski definition) is 7. The highest BCUT2D eigenvalue weighted by molar-refractivity contribution is 7.89. The largest absolute Gasteiger partial charge is 0.383 e. The van der Waals surface area contributed by atoms with Gasteiger partial charge in [0.25, 0.3) is 5.91 Å². The molecule has 1 fully saturated rings. The molecular weight excluding hydrogens is 420 g/mol. The van der Waals surface area contributed by atoms with Crippen molar-refractivity contribution < 1.29 is 17.9 Å². The van der Waals surface area contributed by atoms with Crippen LogP contribution in [0.15, 0.2) is 35.4 Å². The van der Waals surface area contributed by atoms with Crippen LogP contribution in [0, 0.1) is 17.2 Å². The predicted octanol–water partition coefficient (Wildman–Crippen LogP) is 1.91. The fourth-order valence-corrected chi connectivity index (χ4v) is 4.64. The fraction of sp³-hybridized carbons (Fsp3) is 0.450. The molecule has 0 bridgehead atoms. The number of ether oxygens (including phenoxy) is 1. The molecule has 31 heavy (non-hydrogen) atoms. The molecule has 1 heterocycles. The molecule has 0 saturated heterocycles. The van der Waals surface area contributed by atoms with E-state index in [1.54, 1.807) is 23.0 Å². The molecule has 4 N–H and O–H groups in total. The molecule has 0 aliphatic heterocycles. The standard InChI is InChI=1S/C20H26N6O4S/c1-30-11-10-23-31(28,29)16-8-6-15(7-9-16)24-20-17(19(22)27)13-26(25-20)18-5-3-2-4-14(18)12-21/h6-9,13-14,18,23H,2-5,10-11H2,1H3,(H2,22,27)(H,24,25)/t14-,18-/m1/s1. The molecule has 10 nitrogen and oxygen atoms in total. The number of primary amides is 1. The number of rotatable bonds is 9. The average molecular weight is 447 g/mol. The van der Waals surface area contributed by atoms with Gasteiger partial charge >= 0.3 is 0 Å². The van der Waals surface area contributed by atoms with Crippen LogP contribution in [-0.2, 0) is 14.8 Å². The molecule has 1 aromatic heterocycles. The van der Waals surface area contributed by atoms with Crippen molar-refractivity contribution in [3.63, 3.8) is 0 Å². The number of nitrogens with one attached hydrogen (secondary N) is 2. The molecule has 0 radical (unpaired) electrons. The summed E-state index contributed by atoms with van der Waals surface area (Å²) in [6.07, 6.45) is 5.17. The van der Waals surface area contributed by atoms with Gasteiger partial charge in [-0.2, -0.15) is 10.4 Å². The van der Waals surface area contributed by atoms with Gasteiger partial charge in [-0.25, -0.2) is 13.1 Å². The van der Waals surface area contributed by atoms with Crippen LogP contribution in [0.25, 0.3) is 0 Å². The second-order valence-electron chi connectivity index (χ2n) is 7.36. The minimum Gasteiger partial charge on any atom is -0.383 e. The maximum atomic E-state index is 12.3. The quantitative estimate of drug-likeness (QED) is 0.497. The second-order valence-corrected chi connectivity index (χ2v) is 9.13. The molecule has 0 spiro atoms. The molecule has 1 saturated carbocycles. The zero-order valence-electron chi connectivity index (χ0n) is 17.2. The van der Waals surface area contributed by atoms with E-state index in [4.69, 9.17) is 10.5 Å². The van der Waals surface area contributed by atoms with Crippen LogP contribution < -0.4 is 15.8 Å². The van der Waals surface area contributed by atoms with Gasteiger partial charge in [-0.3, -0.25) is 9.48 Å². The van der Waals surface area contributed by atoms with Gasteiger partial charge in [0.15, 0.2) is 5.82 Å². The number of anilines is 2. The van der Waals surface area contributed by atoms with Gasteiger partial charge in [-0.05, 0) is 37.1 Å². The Labute approximate surface area is 181 Å². The van der Waals surface area contributed by atoms with E-state index in [0.29, 0.717) is 5.69 Å². The van der Waals surface area contributed by atoms with Gasteiger partial charge in [-0.15, -0.1) is 0 Å². The van der Waals surface area contributed by atoms with Crippen LogP contribution in [0.2, 0.25) is 0 Å². The molecule has 11 heteroatoms. The zero-order chi connectivity index (χ0) is 22.4. The first-order chi connectivity index (χ1) is 14.9. The highest BCUT2D eigenvalue weighted by Crippen LogP contribution is 2.34. The van der Waals surface area contributed by atoms with Crippen molar-refractivity contribution in [1.82, 2.24) is 14.5 Å². The van der Waals surface area contributed by atoms with Crippen LogP contribution in [-0.4, -0.2) is 44.4 Å². The lowest BCUT2D eigenvalue weighted by atomic mass is 9.85.